The summed E-state index contributed by atoms with van der Waals surface area (Å²) in [5.41, 5.74) is 6.08. The third kappa shape index (κ3) is 4.76. The Labute approximate surface area is 118 Å². The van der Waals surface area contributed by atoms with Crippen LogP contribution in [0.15, 0.2) is 18.2 Å². The Morgan fingerprint density at radius 1 is 1.37 bits per heavy atom. The molecule has 7 heteroatoms. The van der Waals surface area contributed by atoms with Crippen LogP contribution in [-0.4, -0.2) is 32.5 Å². The van der Waals surface area contributed by atoms with Gasteiger partial charge in [0.1, 0.15) is 5.75 Å². The van der Waals surface area contributed by atoms with Gasteiger partial charge in [-0.05, 0) is 18.2 Å². The summed E-state index contributed by atoms with van der Waals surface area (Å²) in [5.74, 6) is 0.0233. The van der Waals surface area contributed by atoms with E-state index in [4.69, 9.17) is 10.5 Å². The quantitative estimate of drug-likeness (QED) is 0.745. The zero-order valence-electron chi connectivity index (χ0n) is 10.9. The fourth-order valence-corrected chi connectivity index (χ4v) is 1.43. The summed E-state index contributed by atoms with van der Waals surface area (Å²) in [7, 11) is 3.03. The summed E-state index contributed by atoms with van der Waals surface area (Å²) in [4.78, 5) is 23.2. The molecular weight excluding hydrogens is 270 g/mol. The van der Waals surface area contributed by atoms with Crippen LogP contribution in [0.2, 0.25) is 0 Å². The molecule has 1 rings (SSSR count). The molecule has 0 aliphatic rings. The highest BCUT2D eigenvalue weighted by Crippen LogP contribution is 2.22. The average molecular weight is 288 g/mol. The van der Waals surface area contributed by atoms with Gasteiger partial charge in [-0.1, -0.05) is 0 Å². The van der Waals surface area contributed by atoms with Gasteiger partial charge in [0.25, 0.3) is 5.91 Å². The first-order chi connectivity index (χ1) is 8.62. The minimum absolute atomic E-state index is 0. The molecule has 0 radical (unpaired) electrons. The monoisotopic (exact) mass is 287 g/mol. The molecule has 0 bridgehead atoms. The van der Waals surface area contributed by atoms with Crippen molar-refractivity contribution in [2.24, 2.45) is 5.73 Å². The third-order valence-electron chi connectivity index (χ3n) is 2.34. The van der Waals surface area contributed by atoms with Gasteiger partial charge in [-0.2, -0.15) is 0 Å². The van der Waals surface area contributed by atoms with E-state index in [2.05, 4.69) is 10.6 Å². The van der Waals surface area contributed by atoms with Crippen LogP contribution >= 0.6 is 12.4 Å². The van der Waals surface area contributed by atoms with E-state index in [-0.39, 0.29) is 37.2 Å². The fraction of sp³-hybridized carbons (Fsp3) is 0.333. The Morgan fingerprint density at radius 3 is 2.58 bits per heavy atom. The number of rotatable bonds is 5. The number of hydrogen-bond donors (Lipinski definition) is 3. The van der Waals surface area contributed by atoms with E-state index >= 15 is 0 Å². The SMILES string of the molecule is CNC(=O)c1cc(OC)ccc1NC(=O)CCN.Cl. The van der Waals surface area contributed by atoms with Gasteiger partial charge in [-0.15, -0.1) is 12.4 Å². The normalized spacial score (nSPS) is 9.21. The molecule has 0 heterocycles. The van der Waals surface area contributed by atoms with Crippen molar-refractivity contribution in [3.63, 3.8) is 0 Å². The van der Waals surface area contributed by atoms with Crippen molar-refractivity contribution < 1.29 is 14.3 Å². The number of halogens is 1. The second-order valence-electron chi connectivity index (χ2n) is 3.58. The number of benzene rings is 1. The van der Waals surface area contributed by atoms with Gasteiger partial charge in [0.15, 0.2) is 0 Å². The number of ether oxygens (including phenoxy) is 1. The maximum atomic E-state index is 11.7. The molecule has 1 aromatic carbocycles. The molecule has 0 fully saturated rings. The Kier molecular flexibility index (Phi) is 7.55. The average Bonchev–Trinajstić information content (AvgIpc) is 2.38. The summed E-state index contributed by atoms with van der Waals surface area (Å²) >= 11 is 0. The predicted octanol–water partition coefficient (Wildman–Crippen LogP) is 0.764. The first kappa shape index (κ1) is 17.2. The number of hydrogen-bond acceptors (Lipinski definition) is 4. The second kappa shape index (κ2) is 8.34. The van der Waals surface area contributed by atoms with Gasteiger partial charge in [0.2, 0.25) is 5.91 Å². The van der Waals surface area contributed by atoms with Crippen molar-refractivity contribution in [1.82, 2.24) is 5.32 Å². The lowest BCUT2D eigenvalue weighted by atomic mass is 10.1. The van der Waals surface area contributed by atoms with Crippen LogP contribution in [0.1, 0.15) is 16.8 Å². The number of carbonyl (C=O) groups excluding carboxylic acids is 2. The molecule has 19 heavy (non-hydrogen) atoms. The zero-order valence-corrected chi connectivity index (χ0v) is 11.7. The number of amides is 2. The lowest BCUT2D eigenvalue weighted by Crippen LogP contribution is -2.22. The van der Waals surface area contributed by atoms with E-state index in [9.17, 15) is 9.59 Å². The Hall–Kier alpha value is -1.79. The molecule has 106 valence electrons. The van der Waals surface area contributed by atoms with E-state index in [1.54, 1.807) is 18.2 Å². The second-order valence-corrected chi connectivity index (χ2v) is 3.58. The number of anilines is 1. The molecule has 6 nitrogen and oxygen atoms in total. The highest BCUT2D eigenvalue weighted by atomic mass is 35.5. The predicted molar refractivity (Wildman–Crippen MR) is 75.9 cm³/mol. The molecule has 0 aromatic heterocycles. The molecule has 0 saturated heterocycles. The van der Waals surface area contributed by atoms with Crippen molar-refractivity contribution in [2.75, 3.05) is 26.0 Å². The molecule has 0 aliphatic carbocycles. The Bertz CT molecular complexity index is 452. The van der Waals surface area contributed by atoms with Gasteiger partial charge in [-0.25, -0.2) is 0 Å². The zero-order chi connectivity index (χ0) is 13.5. The molecule has 0 atom stereocenters. The van der Waals surface area contributed by atoms with Crippen molar-refractivity contribution in [3.05, 3.63) is 23.8 Å². The largest absolute Gasteiger partial charge is 0.497 e. The van der Waals surface area contributed by atoms with Crippen LogP contribution in [0.25, 0.3) is 0 Å². The first-order valence-corrected chi connectivity index (χ1v) is 5.52. The van der Waals surface area contributed by atoms with Crippen LogP contribution in [0, 0.1) is 0 Å². The highest BCUT2D eigenvalue weighted by molar-refractivity contribution is 6.04. The van der Waals surface area contributed by atoms with Crippen molar-refractivity contribution >= 4 is 29.9 Å². The van der Waals surface area contributed by atoms with Crippen molar-refractivity contribution in [1.29, 1.82) is 0 Å². The number of nitrogens with one attached hydrogen (secondary N) is 2. The summed E-state index contributed by atoms with van der Waals surface area (Å²) in [5, 5.41) is 5.15. The van der Waals surface area contributed by atoms with Crippen LogP contribution in [0.5, 0.6) is 5.75 Å². The minimum Gasteiger partial charge on any atom is -0.497 e. The number of carbonyl (C=O) groups is 2. The van der Waals surface area contributed by atoms with Crippen LogP contribution in [-0.2, 0) is 4.79 Å². The number of methoxy groups -OCH3 is 1. The standard InChI is InChI=1S/C12H17N3O3.ClH/c1-14-12(17)9-7-8(18-2)3-4-10(9)15-11(16)5-6-13;/h3-4,7H,5-6,13H2,1-2H3,(H,14,17)(H,15,16);1H. The molecule has 0 aliphatic heterocycles. The molecule has 4 N–H and O–H groups in total. The van der Waals surface area contributed by atoms with Gasteiger partial charge in [0, 0.05) is 20.0 Å². The summed E-state index contributed by atoms with van der Waals surface area (Å²) in [6.07, 6.45) is 0.208. The summed E-state index contributed by atoms with van der Waals surface area (Å²) < 4.78 is 5.04. The molecule has 0 saturated carbocycles. The van der Waals surface area contributed by atoms with Crippen molar-refractivity contribution in [2.45, 2.75) is 6.42 Å². The van der Waals surface area contributed by atoms with E-state index in [1.807, 2.05) is 0 Å². The van der Waals surface area contributed by atoms with Gasteiger partial charge in [0.05, 0.1) is 18.4 Å². The van der Waals surface area contributed by atoms with Crippen molar-refractivity contribution in [3.8, 4) is 5.75 Å². The van der Waals surface area contributed by atoms with Gasteiger partial charge >= 0.3 is 0 Å². The summed E-state index contributed by atoms with van der Waals surface area (Å²) in [6.45, 7) is 0.261. The van der Waals surface area contributed by atoms with E-state index in [0.29, 0.717) is 17.0 Å². The van der Waals surface area contributed by atoms with Crippen LogP contribution in [0.3, 0.4) is 0 Å². The van der Waals surface area contributed by atoms with Gasteiger partial charge < -0.3 is 21.1 Å². The molecule has 0 unspecified atom stereocenters. The maximum Gasteiger partial charge on any atom is 0.253 e. The topological polar surface area (TPSA) is 93.5 Å². The third-order valence-corrected chi connectivity index (χ3v) is 2.34. The lowest BCUT2D eigenvalue weighted by Gasteiger charge is -2.11. The van der Waals surface area contributed by atoms with Crippen LogP contribution < -0.4 is 21.1 Å². The van der Waals surface area contributed by atoms with Crippen LogP contribution in [0.4, 0.5) is 5.69 Å². The summed E-state index contributed by atoms with van der Waals surface area (Å²) in [6, 6.07) is 4.86. The maximum absolute atomic E-state index is 11.7. The molecule has 1 aromatic rings. The van der Waals surface area contributed by atoms with E-state index in [1.165, 1.54) is 14.2 Å². The lowest BCUT2D eigenvalue weighted by molar-refractivity contribution is -0.116. The minimum atomic E-state index is -0.294. The molecule has 2 amide bonds. The fourth-order valence-electron chi connectivity index (χ4n) is 1.43. The number of nitrogens with two attached hydrogens (primary N) is 1. The molecule has 0 spiro atoms. The Morgan fingerprint density at radius 2 is 2.05 bits per heavy atom. The Balaban J connectivity index is 0.00000324. The highest BCUT2D eigenvalue weighted by Gasteiger charge is 2.13. The molecular formula is C12H18ClN3O3. The van der Waals surface area contributed by atoms with Gasteiger partial charge in [-0.3, -0.25) is 9.59 Å². The first-order valence-electron chi connectivity index (χ1n) is 5.52. The van der Waals surface area contributed by atoms with E-state index in [0.717, 1.165) is 0 Å². The van der Waals surface area contributed by atoms with E-state index < -0.39 is 0 Å². The smallest absolute Gasteiger partial charge is 0.253 e.